The van der Waals surface area contributed by atoms with E-state index in [2.05, 4.69) is 13.8 Å². The molecule has 0 bridgehead atoms. The fourth-order valence-electron chi connectivity index (χ4n) is 5.82. The normalized spacial score (nSPS) is 51.6. The number of hydrogen-bond acceptors (Lipinski definition) is 5. The fourth-order valence-corrected chi connectivity index (χ4v) is 5.82. The first-order chi connectivity index (χ1) is 11.7. The molecule has 2 aliphatic heterocycles. The van der Waals surface area contributed by atoms with Crippen LogP contribution in [0, 0.1) is 29.6 Å². The lowest BCUT2D eigenvalue weighted by atomic mass is 9.77. The van der Waals surface area contributed by atoms with Gasteiger partial charge in [-0.1, -0.05) is 27.7 Å². The van der Waals surface area contributed by atoms with Crippen molar-refractivity contribution < 1.29 is 23.8 Å². The molecule has 0 aromatic carbocycles. The second-order valence-electron chi connectivity index (χ2n) is 9.08. The van der Waals surface area contributed by atoms with Gasteiger partial charge in [-0.15, -0.1) is 0 Å². The van der Waals surface area contributed by atoms with Crippen molar-refractivity contribution in [1.82, 2.24) is 0 Å². The van der Waals surface area contributed by atoms with E-state index in [0.29, 0.717) is 5.92 Å². The molecule has 5 heteroatoms. The number of epoxide rings is 1. The van der Waals surface area contributed by atoms with Gasteiger partial charge in [-0.25, -0.2) is 0 Å². The van der Waals surface area contributed by atoms with E-state index < -0.39 is 0 Å². The molecule has 0 amide bonds. The van der Waals surface area contributed by atoms with E-state index >= 15 is 0 Å². The summed E-state index contributed by atoms with van der Waals surface area (Å²) in [5.41, 5.74) is -0.485. The van der Waals surface area contributed by atoms with Crippen molar-refractivity contribution in [3.8, 4) is 0 Å². The summed E-state index contributed by atoms with van der Waals surface area (Å²) in [5, 5.41) is 0. The van der Waals surface area contributed by atoms with Crippen molar-refractivity contribution in [2.24, 2.45) is 29.6 Å². The van der Waals surface area contributed by atoms with Crippen molar-refractivity contribution in [1.29, 1.82) is 0 Å². The smallest absolute Gasteiger partial charge is 0.309 e. The molecule has 5 nitrogen and oxygen atoms in total. The Kier molecular flexibility index (Phi) is 3.77. The number of ether oxygens (including phenoxy) is 3. The zero-order valence-corrected chi connectivity index (χ0v) is 15.9. The Morgan fingerprint density at radius 1 is 1.36 bits per heavy atom. The first kappa shape index (κ1) is 17.3. The summed E-state index contributed by atoms with van der Waals surface area (Å²) < 4.78 is 17.9. The van der Waals surface area contributed by atoms with Gasteiger partial charge in [-0.2, -0.15) is 0 Å². The van der Waals surface area contributed by atoms with E-state index in [4.69, 9.17) is 14.2 Å². The third-order valence-electron chi connectivity index (χ3n) is 7.59. The van der Waals surface area contributed by atoms with Gasteiger partial charge in [0.1, 0.15) is 17.8 Å². The highest BCUT2D eigenvalue weighted by Gasteiger charge is 2.80. The highest BCUT2D eigenvalue weighted by Crippen LogP contribution is 2.69. The van der Waals surface area contributed by atoms with Crippen molar-refractivity contribution in [2.45, 2.75) is 83.7 Å². The molecule has 1 spiro atoms. The second-order valence-corrected chi connectivity index (χ2v) is 9.08. The van der Waals surface area contributed by atoms with Gasteiger partial charge < -0.3 is 14.2 Å². The first-order valence-corrected chi connectivity index (χ1v) is 9.83. The van der Waals surface area contributed by atoms with E-state index in [9.17, 15) is 9.59 Å². The summed E-state index contributed by atoms with van der Waals surface area (Å²) in [7, 11) is 0. The molecular weight excluding hydrogens is 320 g/mol. The van der Waals surface area contributed by atoms with Crippen LogP contribution in [-0.2, 0) is 23.8 Å². The molecule has 9 atom stereocenters. The van der Waals surface area contributed by atoms with Crippen LogP contribution in [-0.4, -0.2) is 35.3 Å². The van der Waals surface area contributed by atoms with E-state index in [-0.39, 0.29) is 59.0 Å². The SMILES string of the molecule is CC[C@H](C)C(=O)O[C@H]1C[C@@]2(C)O[C@]23C[C@@H]2[C@H](C)C(=O)O[C@@H]2C[C@@H](C)[C@H]13. The van der Waals surface area contributed by atoms with Gasteiger partial charge in [-0.05, 0) is 32.1 Å². The lowest BCUT2D eigenvalue weighted by Gasteiger charge is -2.31. The molecule has 4 fully saturated rings. The van der Waals surface area contributed by atoms with Crippen molar-refractivity contribution >= 4 is 11.9 Å². The Labute approximate surface area is 149 Å². The van der Waals surface area contributed by atoms with Crippen LogP contribution in [0.4, 0.5) is 0 Å². The first-order valence-electron chi connectivity index (χ1n) is 9.83. The average Bonchev–Trinajstić information content (AvgIpc) is 2.98. The Balaban J connectivity index is 1.60. The summed E-state index contributed by atoms with van der Waals surface area (Å²) in [5.74, 6) is 0.407. The molecule has 0 unspecified atom stereocenters. The molecule has 25 heavy (non-hydrogen) atoms. The minimum atomic E-state index is -0.255. The molecule has 2 saturated carbocycles. The summed E-state index contributed by atoms with van der Waals surface area (Å²) in [4.78, 5) is 24.4. The number of hydrogen-bond donors (Lipinski definition) is 0. The summed E-state index contributed by atoms with van der Waals surface area (Å²) >= 11 is 0. The largest absolute Gasteiger partial charge is 0.462 e. The van der Waals surface area contributed by atoms with Gasteiger partial charge in [0.25, 0.3) is 0 Å². The van der Waals surface area contributed by atoms with Crippen LogP contribution in [0.5, 0.6) is 0 Å². The van der Waals surface area contributed by atoms with Crippen molar-refractivity contribution in [2.75, 3.05) is 0 Å². The molecule has 0 aromatic rings. The topological polar surface area (TPSA) is 65.1 Å². The maximum atomic E-state index is 12.4. The second kappa shape index (κ2) is 5.45. The van der Waals surface area contributed by atoms with Gasteiger partial charge >= 0.3 is 11.9 Å². The number of carbonyl (C=O) groups excluding carboxylic acids is 2. The standard InChI is InChI=1S/C20H30O5/c1-6-10(2)17(21)24-15-9-19(5)20(25-19)8-13-12(4)18(22)23-14(13)7-11(3)16(15)20/h10-16H,6-9H2,1-5H3/t10-,11+,12-,13+,14+,15-,16+,19+,20-/m0/s1. The molecule has 0 radical (unpaired) electrons. The Morgan fingerprint density at radius 2 is 2.08 bits per heavy atom. The van der Waals surface area contributed by atoms with Crippen LogP contribution in [0.1, 0.15) is 60.3 Å². The predicted octanol–water partition coefficient (Wildman–Crippen LogP) is 3.10. The molecule has 0 N–H and O–H groups in total. The highest BCUT2D eigenvalue weighted by atomic mass is 16.6. The van der Waals surface area contributed by atoms with Gasteiger partial charge in [0.15, 0.2) is 0 Å². The van der Waals surface area contributed by atoms with E-state index in [1.54, 1.807) is 0 Å². The van der Waals surface area contributed by atoms with Crippen LogP contribution >= 0.6 is 0 Å². The van der Waals surface area contributed by atoms with Gasteiger partial charge in [-0.3, -0.25) is 9.59 Å². The van der Waals surface area contributed by atoms with Gasteiger partial charge in [0.05, 0.1) is 17.4 Å². The molecule has 4 rings (SSSR count). The number of rotatable bonds is 3. The maximum absolute atomic E-state index is 12.4. The Morgan fingerprint density at radius 3 is 2.76 bits per heavy atom. The number of fused-ring (bicyclic) bond motifs is 1. The fraction of sp³-hybridized carbons (Fsp3) is 0.900. The molecule has 2 aliphatic carbocycles. The molecule has 140 valence electrons. The maximum Gasteiger partial charge on any atom is 0.309 e. The van der Waals surface area contributed by atoms with Gasteiger partial charge in [0, 0.05) is 18.3 Å². The van der Waals surface area contributed by atoms with Crippen LogP contribution in [0.25, 0.3) is 0 Å². The van der Waals surface area contributed by atoms with Crippen molar-refractivity contribution in [3.63, 3.8) is 0 Å². The van der Waals surface area contributed by atoms with Crippen LogP contribution < -0.4 is 0 Å². The molecule has 2 saturated heterocycles. The number of esters is 2. The Bertz CT molecular complexity index is 603. The quantitative estimate of drug-likeness (QED) is 0.578. The molecular formula is C20H30O5. The summed E-state index contributed by atoms with van der Waals surface area (Å²) in [6.45, 7) is 10.3. The monoisotopic (exact) mass is 350 g/mol. The third-order valence-corrected chi connectivity index (χ3v) is 7.59. The molecule has 4 aliphatic rings. The zero-order valence-electron chi connectivity index (χ0n) is 15.9. The minimum absolute atomic E-state index is 0.0168. The summed E-state index contributed by atoms with van der Waals surface area (Å²) in [6, 6.07) is 0. The highest BCUT2D eigenvalue weighted by molar-refractivity contribution is 5.75. The van der Waals surface area contributed by atoms with Gasteiger partial charge in [0.2, 0.25) is 0 Å². The lowest BCUT2D eigenvalue weighted by molar-refractivity contribution is -0.159. The van der Waals surface area contributed by atoms with E-state index in [1.807, 2.05) is 20.8 Å². The summed E-state index contributed by atoms with van der Waals surface area (Å²) in [6.07, 6.45) is 3.14. The van der Waals surface area contributed by atoms with E-state index in [0.717, 1.165) is 25.7 Å². The molecule has 0 aromatic heterocycles. The van der Waals surface area contributed by atoms with Crippen LogP contribution in [0.3, 0.4) is 0 Å². The third kappa shape index (κ3) is 2.30. The minimum Gasteiger partial charge on any atom is -0.462 e. The number of carbonyl (C=O) groups is 2. The van der Waals surface area contributed by atoms with Crippen molar-refractivity contribution in [3.05, 3.63) is 0 Å². The molecule has 2 heterocycles. The zero-order chi connectivity index (χ0) is 18.1. The van der Waals surface area contributed by atoms with Crippen LogP contribution in [0.2, 0.25) is 0 Å². The lowest BCUT2D eigenvalue weighted by Crippen LogP contribution is -2.38. The van der Waals surface area contributed by atoms with E-state index in [1.165, 1.54) is 0 Å². The predicted molar refractivity (Wildman–Crippen MR) is 90.6 cm³/mol. The van der Waals surface area contributed by atoms with Crippen LogP contribution in [0.15, 0.2) is 0 Å². The Hall–Kier alpha value is -1.10. The average molecular weight is 350 g/mol.